The summed E-state index contributed by atoms with van der Waals surface area (Å²) in [5.41, 5.74) is 2.30. The number of rotatable bonds is 4. The lowest BCUT2D eigenvalue weighted by molar-refractivity contribution is 0.0828. The lowest BCUT2D eigenvalue weighted by Gasteiger charge is -2.15. The van der Waals surface area contributed by atoms with Crippen LogP contribution in [0.2, 0.25) is 5.02 Å². The Hall–Kier alpha value is -2.20. The van der Waals surface area contributed by atoms with E-state index < -0.39 is 0 Å². The molecule has 21 heavy (non-hydrogen) atoms. The van der Waals surface area contributed by atoms with Crippen molar-refractivity contribution >= 4 is 23.2 Å². The van der Waals surface area contributed by atoms with Crippen molar-refractivity contribution in [3.05, 3.63) is 58.6 Å². The Bertz CT molecular complexity index is 656. The second kappa shape index (κ2) is 6.50. The summed E-state index contributed by atoms with van der Waals surface area (Å²) >= 11 is 5.88. The SMILES string of the molecule is CN(C)C(=O)c1ccccc1NCc1ccc(O)c(Cl)c1. The number of carbonyl (C=O) groups excluding carboxylic acids is 1. The van der Waals surface area contributed by atoms with Crippen molar-refractivity contribution in [2.24, 2.45) is 0 Å². The highest BCUT2D eigenvalue weighted by Crippen LogP contribution is 2.24. The number of anilines is 1. The Morgan fingerprint density at radius 1 is 1.24 bits per heavy atom. The minimum absolute atomic E-state index is 0.0539. The van der Waals surface area contributed by atoms with Gasteiger partial charge in [-0.15, -0.1) is 0 Å². The van der Waals surface area contributed by atoms with Crippen LogP contribution in [0.1, 0.15) is 15.9 Å². The number of aromatic hydroxyl groups is 1. The van der Waals surface area contributed by atoms with Gasteiger partial charge < -0.3 is 15.3 Å². The number of para-hydroxylation sites is 1. The Morgan fingerprint density at radius 3 is 2.62 bits per heavy atom. The lowest BCUT2D eigenvalue weighted by Crippen LogP contribution is -2.22. The molecular formula is C16H17ClN2O2. The van der Waals surface area contributed by atoms with Crippen LogP contribution >= 0.6 is 11.6 Å². The van der Waals surface area contributed by atoms with Gasteiger partial charge in [-0.05, 0) is 29.8 Å². The van der Waals surface area contributed by atoms with Gasteiger partial charge in [0, 0.05) is 26.3 Å². The van der Waals surface area contributed by atoms with Gasteiger partial charge in [0.1, 0.15) is 5.75 Å². The average molecular weight is 305 g/mol. The van der Waals surface area contributed by atoms with Crippen LogP contribution in [0.25, 0.3) is 0 Å². The van der Waals surface area contributed by atoms with Gasteiger partial charge >= 0.3 is 0 Å². The molecule has 1 amide bonds. The summed E-state index contributed by atoms with van der Waals surface area (Å²) in [5, 5.41) is 12.9. The van der Waals surface area contributed by atoms with E-state index in [1.165, 1.54) is 4.90 Å². The van der Waals surface area contributed by atoms with Crippen molar-refractivity contribution in [1.82, 2.24) is 4.90 Å². The fourth-order valence-electron chi connectivity index (χ4n) is 1.92. The summed E-state index contributed by atoms with van der Waals surface area (Å²) in [6.07, 6.45) is 0. The third-order valence-corrected chi connectivity index (χ3v) is 3.36. The van der Waals surface area contributed by atoms with Gasteiger partial charge in [-0.1, -0.05) is 29.8 Å². The predicted molar refractivity (Wildman–Crippen MR) is 84.9 cm³/mol. The normalized spacial score (nSPS) is 10.2. The number of halogens is 1. The van der Waals surface area contributed by atoms with Crippen molar-refractivity contribution in [1.29, 1.82) is 0 Å². The quantitative estimate of drug-likeness (QED) is 0.910. The number of nitrogens with zero attached hydrogens (tertiary/aromatic N) is 1. The molecule has 0 heterocycles. The highest BCUT2D eigenvalue weighted by Gasteiger charge is 2.12. The number of benzene rings is 2. The summed E-state index contributed by atoms with van der Waals surface area (Å²) < 4.78 is 0. The van der Waals surface area contributed by atoms with Crippen LogP contribution in [0.15, 0.2) is 42.5 Å². The van der Waals surface area contributed by atoms with Crippen LogP contribution in [0.3, 0.4) is 0 Å². The smallest absolute Gasteiger partial charge is 0.255 e. The molecule has 2 N–H and O–H groups in total. The molecule has 0 radical (unpaired) electrons. The largest absolute Gasteiger partial charge is 0.506 e. The second-order valence-corrected chi connectivity index (χ2v) is 5.29. The summed E-state index contributed by atoms with van der Waals surface area (Å²) in [4.78, 5) is 13.6. The maximum atomic E-state index is 12.1. The fourth-order valence-corrected chi connectivity index (χ4v) is 2.13. The van der Waals surface area contributed by atoms with Gasteiger partial charge in [-0.25, -0.2) is 0 Å². The van der Waals surface area contributed by atoms with Gasteiger partial charge in [0.15, 0.2) is 0 Å². The summed E-state index contributed by atoms with van der Waals surface area (Å²) in [6.45, 7) is 0.512. The first kappa shape index (κ1) is 15.2. The van der Waals surface area contributed by atoms with Crippen molar-refractivity contribution in [2.75, 3.05) is 19.4 Å². The Labute approximate surface area is 129 Å². The Kier molecular flexibility index (Phi) is 4.70. The van der Waals surface area contributed by atoms with E-state index >= 15 is 0 Å². The molecule has 0 atom stereocenters. The summed E-state index contributed by atoms with van der Waals surface area (Å²) in [5.74, 6) is 0.00504. The number of carbonyl (C=O) groups is 1. The van der Waals surface area contributed by atoms with Crippen LogP contribution in [0.4, 0.5) is 5.69 Å². The van der Waals surface area contributed by atoms with Gasteiger partial charge in [0.2, 0.25) is 0 Å². The standard InChI is InChI=1S/C16H17ClN2O2/c1-19(2)16(21)12-5-3-4-6-14(12)18-10-11-7-8-15(20)13(17)9-11/h3-9,18,20H,10H2,1-2H3. The predicted octanol–water partition coefficient (Wildman–Crippen LogP) is 3.36. The first-order chi connectivity index (χ1) is 9.99. The van der Waals surface area contributed by atoms with Gasteiger partial charge in [0.25, 0.3) is 5.91 Å². The number of amides is 1. The van der Waals surface area contributed by atoms with Crippen molar-refractivity contribution in [3.63, 3.8) is 0 Å². The Morgan fingerprint density at radius 2 is 1.95 bits per heavy atom. The maximum absolute atomic E-state index is 12.1. The highest BCUT2D eigenvalue weighted by atomic mass is 35.5. The molecule has 0 fully saturated rings. The third kappa shape index (κ3) is 3.67. The van der Waals surface area contributed by atoms with Gasteiger partial charge in [-0.3, -0.25) is 4.79 Å². The fraction of sp³-hybridized carbons (Fsp3) is 0.188. The molecule has 0 aliphatic carbocycles. The van der Waals surface area contributed by atoms with E-state index in [0.29, 0.717) is 17.1 Å². The van der Waals surface area contributed by atoms with Crippen molar-refractivity contribution < 1.29 is 9.90 Å². The average Bonchev–Trinajstić information content (AvgIpc) is 2.48. The minimum atomic E-state index is -0.0539. The molecular weight excluding hydrogens is 288 g/mol. The zero-order valence-corrected chi connectivity index (χ0v) is 12.7. The molecule has 0 saturated carbocycles. The van der Waals surface area contributed by atoms with Gasteiger partial charge in [0.05, 0.1) is 10.6 Å². The molecule has 5 heteroatoms. The third-order valence-electron chi connectivity index (χ3n) is 3.06. The van der Waals surface area contributed by atoms with E-state index in [2.05, 4.69) is 5.32 Å². The van der Waals surface area contributed by atoms with Crippen LogP contribution in [0.5, 0.6) is 5.75 Å². The first-order valence-corrected chi connectivity index (χ1v) is 6.89. The molecule has 0 saturated heterocycles. The number of phenols is 1. The minimum Gasteiger partial charge on any atom is -0.506 e. The molecule has 0 aliphatic rings. The topological polar surface area (TPSA) is 52.6 Å². The second-order valence-electron chi connectivity index (χ2n) is 4.88. The van der Waals surface area contributed by atoms with E-state index in [1.54, 1.807) is 38.4 Å². The van der Waals surface area contributed by atoms with E-state index in [0.717, 1.165) is 11.3 Å². The highest BCUT2D eigenvalue weighted by molar-refractivity contribution is 6.32. The molecule has 110 valence electrons. The molecule has 2 aromatic carbocycles. The van der Waals surface area contributed by atoms with Crippen LogP contribution in [0, 0.1) is 0 Å². The molecule has 0 bridgehead atoms. The molecule has 2 rings (SSSR count). The van der Waals surface area contributed by atoms with E-state index in [-0.39, 0.29) is 11.7 Å². The first-order valence-electron chi connectivity index (χ1n) is 6.51. The van der Waals surface area contributed by atoms with Crippen LogP contribution < -0.4 is 5.32 Å². The van der Waals surface area contributed by atoms with Gasteiger partial charge in [-0.2, -0.15) is 0 Å². The molecule has 4 nitrogen and oxygen atoms in total. The van der Waals surface area contributed by atoms with Crippen molar-refractivity contribution in [2.45, 2.75) is 6.54 Å². The van der Waals surface area contributed by atoms with Crippen molar-refractivity contribution in [3.8, 4) is 5.75 Å². The maximum Gasteiger partial charge on any atom is 0.255 e. The zero-order chi connectivity index (χ0) is 15.4. The molecule has 0 spiro atoms. The number of nitrogens with one attached hydrogen (secondary N) is 1. The molecule has 2 aromatic rings. The monoisotopic (exact) mass is 304 g/mol. The number of phenolic OH excluding ortho intramolecular Hbond substituents is 1. The van der Waals surface area contributed by atoms with E-state index in [9.17, 15) is 9.90 Å². The Balaban J connectivity index is 2.16. The lowest BCUT2D eigenvalue weighted by atomic mass is 10.1. The summed E-state index contributed by atoms with van der Waals surface area (Å²) in [7, 11) is 3.44. The zero-order valence-electron chi connectivity index (χ0n) is 11.9. The summed E-state index contributed by atoms with van der Waals surface area (Å²) in [6, 6.07) is 12.4. The van der Waals surface area contributed by atoms with Crippen LogP contribution in [-0.2, 0) is 6.54 Å². The van der Waals surface area contributed by atoms with Crippen LogP contribution in [-0.4, -0.2) is 30.0 Å². The number of hydrogen-bond acceptors (Lipinski definition) is 3. The number of hydrogen-bond donors (Lipinski definition) is 2. The van der Waals surface area contributed by atoms with E-state index in [4.69, 9.17) is 11.6 Å². The molecule has 0 aliphatic heterocycles. The molecule has 0 unspecified atom stereocenters. The van der Waals surface area contributed by atoms with E-state index in [1.807, 2.05) is 18.2 Å². The molecule has 0 aromatic heterocycles.